The Balaban J connectivity index is 1.71. The molecular weight excluding hydrogens is 242 g/mol. The van der Waals surface area contributed by atoms with E-state index < -0.39 is 0 Å². The minimum absolute atomic E-state index is 0.0759. The van der Waals surface area contributed by atoms with Crippen molar-refractivity contribution in [1.82, 2.24) is 4.90 Å². The Hall–Kier alpha value is -0.510. The van der Waals surface area contributed by atoms with Gasteiger partial charge < -0.3 is 10.0 Å². The fourth-order valence-corrected chi connectivity index (χ4v) is 3.44. The highest BCUT2D eigenvalue weighted by atomic mass is 32.2. The smallest absolute Gasteiger partial charge is 0.0592 e. The van der Waals surface area contributed by atoms with Crippen molar-refractivity contribution in [1.29, 1.82) is 0 Å². The third kappa shape index (κ3) is 4.01. The molecule has 0 amide bonds. The zero-order valence-electron chi connectivity index (χ0n) is 11.1. The Labute approximate surface area is 114 Å². The molecule has 2 unspecified atom stereocenters. The Morgan fingerprint density at radius 1 is 1.33 bits per heavy atom. The molecule has 0 radical (unpaired) electrons. The van der Waals surface area contributed by atoms with Gasteiger partial charge in [0.15, 0.2) is 0 Å². The molecule has 2 atom stereocenters. The summed E-state index contributed by atoms with van der Waals surface area (Å²) in [6.07, 6.45) is 1.95. The Bertz CT molecular complexity index is 344. The molecule has 1 fully saturated rings. The zero-order valence-corrected chi connectivity index (χ0v) is 11.9. The first-order chi connectivity index (χ1) is 8.79. The van der Waals surface area contributed by atoms with Gasteiger partial charge in [-0.2, -0.15) is 0 Å². The first-order valence-corrected chi connectivity index (χ1v) is 7.86. The van der Waals surface area contributed by atoms with Gasteiger partial charge in [0.2, 0.25) is 0 Å². The van der Waals surface area contributed by atoms with E-state index in [4.69, 9.17) is 0 Å². The number of thioether (sulfide) groups is 1. The standard InChI is InChI=1S/C15H23NOS/c1-2-13-12-16(9-8-15(13)17)10-11-18-14-6-4-3-5-7-14/h3-7,13,15,17H,2,8-12H2,1H3. The van der Waals surface area contributed by atoms with Gasteiger partial charge in [0, 0.05) is 30.3 Å². The number of aliphatic hydroxyl groups is 1. The summed E-state index contributed by atoms with van der Waals surface area (Å²) in [5.74, 6) is 1.61. The molecule has 1 aliphatic rings. The minimum Gasteiger partial charge on any atom is -0.393 e. The number of hydrogen-bond donors (Lipinski definition) is 1. The summed E-state index contributed by atoms with van der Waals surface area (Å²) < 4.78 is 0. The Morgan fingerprint density at radius 3 is 2.83 bits per heavy atom. The van der Waals surface area contributed by atoms with E-state index in [1.54, 1.807) is 0 Å². The fourth-order valence-electron chi connectivity index (χ4n) is 2.51. The second-order valence-electron chi connectivity index (χ2n) is 4.99. The largest absolute Gasteiger partial charge is 0.393 e. The van der Waals surface area contributed by atoms with E-state index in [9.17, 15) is 5.11 Å². The molecular formula is C15H23NOS. The van der Waals surface area contributed by atoms with Gasteiger partial charge in [0.1, 0.15) is 0 Å². The van der Waals surface area contributed by atoms with Gasteiger partial charge in [0.05, 0.1) is 6.10 Å². The molecule has 2 rings (SSSR count). The maximum Gasteiger partial charge on any atom is 0.0592 e. The molecule has 2 nitrogen and oxygen atoms in total. The highest BCUT2D eigenvalue weighted by molar-refractivity contribution is 7.99. The van der Waals surface area contributed by atoms with Gasteiger partial charge in [-0.25, -0.2) is 0 Å². The van der Waals surface area contributed by atoms with Crippen LogP contribution >= 0.6 is 11.8 Å². The van der Waals surface area contributed by atoms with Crippen molar-refractivity contribution in [3.05, 3.63) is 30.3 Å². The summed E-state index contributed by atoms with van der Waals surface area (Å²) in [6.45, 7) is 5.42. The second kappa shape index (κ2) is 7.17. The number of nitrogens with zero attached hydrogens (tertiary/aromatic N) is 1. The monoisotopic (exact) mass is 265 g/mol. The number of aliphatic hydroxyl groups excluding tert-OH is 1. The zero-order chi connectivity index (χ0) is 12.8. The topological polar surface area (TPSA) is 23.5 Å². The first kappa shape index (κ1) is 13.9. The van der Waals surface area contributed by atoms with E-state index in [1.807, 2.05) is 11.8 Å². The summed E-state index contributed by atoms with van der Waals surface area (Å²) in [6, 6.07) is 10.6. The van der Waals surface area contributed by atoms with Crippen molar-refractivity contribution >= 4 is 11.8 Å². The second-order valence-corrected chi connectivity index (χ2v) is 6.15. The van der Waals surface area contributed by atoms with Crippen LogP contribution in [0, 0.1) is 5.92 Å². The van der Waals surface area contributed by atoms with Crippen LogP contribution in [0.4, 0.5) is 0 Å². The molecule has 0 spiro atoms. The lowest BCUT2D eigenvalue weighted by Gasteiger charge is -2.35. The summed E-state index contributed by atoms with van der Waals surface area (Å²) in [7, 11) is 0. The SMILES string of the molecule is CCC1CN(CCSc2ccccc2)CCC1O. The molecule has 18 heavy (non-hydrogen) atoms. The predicted molar refractivity (Wildman–Crippen MR) is 78.0 cm³/mol. The molecule has 1 aromatic rings. The first-order valence-electron chi connectivity index (χ1n) is 6.88. The average molecular weight is 265 g/mol. The van der Waals surface area contributed by atoms with E-state index in [-0.39, 0.29) is 6.10 Å². The van der Waals surface area contributed by atoms with Crippen LogP contribution in [-0.2, 0) is 0 Å². The molecule has 1 heterocycles. The Morgan fingerprint density at radius 2 is 2.11 bits per heavy atom. The van der Waals surface area contributed by atoms with Crippen LogP contribution in [0.25, 0.3) is 0 Å². The van der Waals surface area contributed by atoms with Crippen LogP contribution < -0.4 is 0 Å². The third-order valence-electron chi connectivity index (χ3n) is 3.72. The summed E-state index contributed by atoms with van der Waals surface area (Å²) in [5, 5.41) is 9.86. The normalized spacial score (nSPS) is 25.2. The van der Waals surface area contributed by atoms with Gasteiger partial charge in [-0.05, 0) is 30.9 Å². The van der Waals surface area contributed by atoms with Crippen LogP contribution in [0.5, 0.6) is 0 Å². The molecule has 1 N–H and O–H groups in total. The Kier molecular flexibility index (Phi) is 5.54. The van der Waals surface area contributed by atoms with E-state index >= 15 is 0 Å². The van der Waals surface area contributed by atoms with Gasteiger partial charge in [-0.1, -0.05) is 25.1 Å². The number of benzene rings is 1. The van der Waals surface area contributed by atoms with Gasteiger partial charge in [0.25, 0.3) is 0 Å². The van der Waals surface area contributed by atoms with Crippen molar-refractivity contribution < 1.29 is 5.11 Å². The van der Waals surface area contributed by atoms with E-state index in [2.05, 4.69) is 42.2 Å². The van der Waals surface area contributed by atoms with E-state index in [0.29, 0.717) is 5.92 Å². The quantitative estimate of drug-likeness (QED) is 0.828. The van der Waals surface area contributed by atoms with Crippen LogP contribution in [-0.4, -0.2) is 41.5 Å². The molecule has 1 aromatic carbocycles. The lowest BCUT2D eigenvalue weighted by atomic mass is 9.92. The summed E-state index contributed by atoms with van der Waals surface area (Å²) >= 11 is 1.92. The highest BCUT2D eigenvalue weighted by Crippen LogP contribution is 2.22. The van der Waals surface area contributed by atoms with Crippen LogP contribution in [0.3, 0.4) is 0 Å². The predicted octanol–water partition coefficient (Wildman–Crippen LogP) is 2.87. The lowest BCUT2D eigenvalue weighted by molar-refractivity contribution is 0.0276. The van der Waals surface area contributed by atoms with Crippen molar-refractivity contribution in [3.63, 3.8) is 0 Å². The molecule has 0 bridgehead atoms. The molecule has 0 aliphatic carbocycles. The maximum atomic E-state index is 9.86. The average Bonchev–Trinajstić information content (AvgIpc) is 2.42. The number of likely N-dealkylation sites (tertiary alicyclic amines) is 1. The third-order valence-corrected chi connectivity index (χ3v) is 4.71. The van der Waals surface area contributed by atoms with Gasteiger partial charge >= 0.3 is 0 Å². The van der Waals surface area contributed by atoms with E-state index in [0.717, 1.165) is 38.2 Å². The fraction of sp³-hybridized carbons (Fsp3) is 0.600. The van der Waals surface area contributed by atoms with E-state index in [1.165, 1.54) is 4.90 Å². The lowest BCUT2D eigenvalue weighted by Crippen LogP contribution is -2.43. The number of rotatable bonds is 5. The van der Waals surface area contributed by atoms with Gasteiger partial charge in [-0.15, -0.1) is 11.8 Å². The molecule has 3 heteroatoms. The minimum atomic E-state index is -0.0759. The van der Waals surface area contributed by atoms with Crippen molar-refractivity contribution in [2.24, 2.45) is 5.92 Å². The maximum absolute atomic E-state index is 9.86. The molecule has 1 saturated heterocycles. The van der Waals surface area contributed by atoms with Crippen LogP contribution in [0.1, 0.15) is 19.8 Å². The van der Waals surface area contributed by atoms with Crippen LogP contribution in [0.15, 0.2) is 35.2 Å². The molecule has 100 valence electrons. The molecule has 1 aliphatic heterocycles. The summed E-state index contributed by atoms with van der Waals surface area (Å²) in [4.78, 5) is 3.85. The van der Waals surface area contributed by atoms with Crippen molar-refractivity contribution in [2.45, 2.75) is 30.8 Å². The number of piperidine rings is 1. The molecule has 0 saturated carbocycles. The summed E-state index contributed by atoms with van der Waals surface area (Å²) in [5.41, 5.74) is 0. The highest BCUT2D eigenvalue weighted by Gasteiger charge is 2.25. The van der Waals surface area contributed by atoms with Crippen LogP contribution in [0.2, 0.25) is 0 Å². The van der Waals surface area contributed by atoms with Crippen molar-refractivity contribution in [2.75, 3.05) is 25.4 Å². The van der Waals surface area contributed by atoms with Crippen molar-refractivity contribution in [3.8, 4) is 0 Å². The number of hydrogen-bond acceptors (Lipinski definition) is 3. The molecule has 0 aromatic heterocycles. The van der Waals surface area contributed by atoms with Gasteiger partial charge in [-0.3, -0.25) is 0 Å².